The summed E-state index contributed by atoms with van der Waals surface area (Å²) in [6.07, 6.45) is 1.83. The lowest BCUT2D eigenvalue weighted by Gasteiger charge is -2.01. The number of hydrogen-bond donors (Lipinski definition) is 0. The Morgan fingerprint density at radius 2 is 1.65 bits per heavy atom. The predicted octanol–water partition coefficient (Wildman–Crippen LogP) is 6.76. The molecule has 0 amide bonds. The Hall–Kier alpha value is -2.31. The Bertz CT molecular complexity index is 1120. The first-order valence-corrected chi connectivity index (χ1v) is 9.78. The maximum absolute atomic E-state index is 6.10. The highest BCUT2D eigenvalue weighted by Gasteiger charge is 2.08. The molecule has 0 spiro atoms. The van der Waals surface area contributed by atoms with Crippen LogP contribution in [0.5, 0.6) is 0 Å². The van der Waals surface area contributed by atoms with Crippen molar-refractivity contribution in [3.63, 3.8) is 0 Å². The van der Waals surface area contributed by atoms with Crippen LogP contribution in [0.2, 0.25) is 5.02 Å². The van der Waals surface area contributed by atoms with Crippen LogP contribution in [0.1, 0.15) is 16.1 Å². The van der Waals surface area contributed by atoms with Crippen molar-refractivity contribution in [1.82, 2.24) is 4.98 Å². The van der Waals surface area contributed by atoms with Crippen LogP contribution in [0.3, 0.4) is 0 Å². The molecule has 0 saturated heterocycles. The van der Waals surface area contributed by atoms with Crippen LogP contribution in [0.25, 0.3) is 21.2 Å². The van der Waals surface area contributed by atoms with Crippen LogP contribution in [0, 0.1) is 11.8 Å². The molecule has 2 heterocycles. The minimum atomic E-state index is 0.465. The Labute approximate surface area is 166 Å². The van der Waals surface area contributed by atoms with Gasteiger partial charge in [0.05, 0.1) is 5.88 Å². The molecular formula is C22H13Cl2NS. The molecule has 0 aliphatic rings. The summed E-state index contributed by atoms with van der Waals surface area (Å²) in [6, 6.07) is 19.9. The summed E-state index contributed by atoms with van der Waals surface area (Å²) in [4.78, 5) is 5.57. The second-order valence-corrected chi connectivity index (χ2v) is 7.56. The highest BCUT2D eigenvalue weighted by molar-refractivity contribution is 7.19. The molecule has 0 bridgehead atoms. The summed E-state index contributed by atoms with van der Waals surface area (Å²) in [5, 5.41) is 1.88. The molecule has 2 aromatic heterocycles. The van der Waals surface area contributed by atoms with E-state index in [1.807, 2.05) is 54.7 Å². The van der Waals surface area contributed by atoms with E-state index >= 15 is 0 Å². The fourth-order valence-corrected chi connectivity index (χ4v) is 4.17. The van der Waals surface area contributed by atoms with E-state index in [1.54, 1.807) is 11.3 Å². The third kappa shape index (κ3) is 3.48. The molecule has 4 rings (SSSR count). The van der Waals surface area contributed by atoms with Crippen LogP contribution in [-0.2, 0) is 5.88 Å². The summed E-state index contributed by atoms with van der Waals surface area (Å²) in [7, 11) is 0. The summed E-state index contributed by atoms with van der Waals surface area (Å²) in [5.41, 5.74) is 3.85. The molecule has 0 unspecified atom stereocenters. The van der Waals surface area contributed by atoms with Gasteiger partial charge in [0.2, 0.25) is 0 Å². The van der Waals surface area contributed by atoms with Crippen LogP contribution in [0.15, 0.2) is 66.9 Å². The van der Waals surface area contributed by atoms with Gasteiger partial charge in [-0.1, -0.05) is 53.9 Å². The van der Waals surface area contributed by atoms with Crippen molar-refractivity contribution in [3.8, 4) is 23.0 Å². The molecule has 4 aromatic rings. The third-order valence-corrected chi connectivity index (χ3v) is 5.89. The Balaban J connectivity index is 1.66. The van der Waals surface area contributed by atoms with Crippen LogP contribution in [0.4, 0.5) is 0 Å². The zero-order valence-electron chi connectivity index (χ0n) is 13.7. The topological polar surface area (TPSA) is 12.9 Å². The lowest BCUT2D eigenvalue weighted by molar-refractivity contribution is 1.29. The van der Waals surface area contributed by atoms with Crippen molar-refractivity contribution in [2.24, 2.45) is 0 Å². The van der Waals surface area contributed by atoms with Gasteiger partial charge in [0.25, 0.3) is 0 Å². The fourth-order valence-electron chi connectivity index (χ4n) is 2.73. The van der Waals surface area contributed by atoms with Gasteiger partial charge in [-0.25, -0.2) is 4.98 Å². The number of alkyl halides is 1. The molecule has 126 valence electrons. The average Bonchev–Trinajstić information content (AvgIpc) is 3.05. The van der Waals surface area contributed by atoms with Gasteiger partial charge >= 0.3 is 0 Å². The highest BCUT2D eigenvalue weighted by atomic mass is 35.5. The summed E-state index contributed by atoms with van der Waals surface area (Å²) in [6.45, 7) is 0. The van der Waals surface area contributed by atoms with Gasteiger partial charge in [-0.3, -0.25) is 0 Å². The van der Waals surface area contributed by atoms with Gasteiger partial charge in [0.15, 0.2) is 0 Å². The molecular weight excluding hydrogens is 381 g/mol. The molecule has 4 heteroatoms. The predicted molar refractivity (Wildman–Crippen MR) is 112 cm³/mol. The maximum atomic E-state index is 6.10. The number of benzene rings is 2. The molecule has 0 radical (unpaired) electrons. The Morgan fingerprint density at radius 3 is 2.38 bits per heavy atom. The first-order chi connectivity index (χ1) is 12.7. The number of pyridine rings is 1. The van der Waals surface area contributed by atoms with Crippen molar-refractivity contribution in [1.29, 1.82) is 0 Å². The fraction of sp³-hybridized carbons (Fsp3) is 0.0455. The van der Waals surface area contributed by atoms with Crippen LogP contribution in [-0.4, -0.2) is 4.98 Å². The van der Waals surface area contributed by atoms with E-state index in [9.17, 15) is 0 Å². The van der Waals surface area contributed by atoms with Crippen molar-refractivity contribution < 1.29 is 0 Å². The summed E-state index contributed by atoms with van der Waals surface area (Å²) >= 11 is 13.7. The van der Waals surface area contributed by atoms with Crippen LogP contribution >= 0.6 is 34.5 Å². The van der Waals surface area contributed by atoms with Crippen molar-refractivity contribution in [2.45, 2.75) is 5.88 Å². The summed E-state index contributed by atoms with van der Waals surface area (Å²) in [5.74, 6) is 6.90. The quantitative estimate of drug-likeness (QED) is 0.271. The number of fused-ring (bicyclic) bond motifs is 1. The van der Waals surface area contributed by atoms with Crippen molar-refractivity contribution >= 4 is 44.6 Å². The number of aromatic nitrogens is 1. The molecule has 26 heavy (non-hydrogen) atoms. The SMILES string of the molecule is ClCc1sc2ccccc2c1C#Cc1ccc(-c2ccc(Cl)cc2)cn1. The molecule has 2 aromatic carbocycles. The van der Waals surface area contributed by atoms with Gasteiger partial charge in [-0.2, -0.15) is 0 Å². The van der Waals surface area contributed by atoms with Gasteiger partial charge in [-0.15, -0.1) is 22.9 Å². The molecule has 0 aliphatic carbocycles. The lowest BCUT2D eigenvalue weighted by atomic mass is 10.1. The van der Waals surface area contributed by atoms with Crippen LogP contribution < -0.4 is 0 Å². The molecule has 0 fully saturated rings. The first-order valence-electron chi connectivity index (χ1n) is 8.05. The normalized spacial score (nSPS) is 10.5. The van der Waals surface area contributed by atoms with E-state index in [0.29, 0.717) is 5.88 Å². The monoisotopic (exact) mass is 393 g/mol. The largest absolute Gasteiger partial charge is 0.247 e. The van der Waals surface area contributed by atoms with E-state index in [1.165, 1.54) is 4.70 Å². The maximum Gasteiger partial charge on any atom is 0.113 e. The molecule has 0 N–H and O–H groups in total. The van der Waals surface area contributed by atoms with Gasteiger partial charge in [0.1, 0.15) is 5.69 Å². The average molecular weight is 394 g/mol. The zero-order valence-corrected chi connectivity index (χ0v) is 16.0. The zero-order chi connectivity index (χ0) is 17.9. The number of thiophene rings is 1. The molecule has 0 aliphatic heterocycles. The van der Waals surface area contributed by atoms with Crippen molar-refractivity contribution in [3.05, 3.63) is 88.0 Å². The Kier molecular flexibility index (Phi) is 4.95. The smallest absolute Gasteiger partial charge is 0.113 e. The summed E-state index contributed by atoms with van der Waals surface area (Å²) < 4.78 is 1.21. The second kappa shape index (κ2) is 7.51. The van der Waals surface area contributed by atoms with E-state index in [-0.39, 0.29) is 0 Å². The van der Waals surface area contributed by atoms with E-state index < -0.39 is 0 Å². The molecule has 0 atom stereocenters. The number of hydrogen-bond acceptors (Lipinski definition) is 2. The number of halogens is 2. The van der Waals surface area contributed by atoms with Gasteiger partial charge in [0, 0.05) is 37.3 Å². The number of nitrogens with zero attached hydrogens (tertiary/aromatic N) is 1. The standard InChI is InChI=1S/C22H13Cl2NS/c23-13-22-20(19-3-1-2-4-21(19)26-22)12-11-18-10-7-16(14-25-18)15-5-8-17(24)9-6-15/h1-10,14H,13H2. The third-order valence-electron chi connectivity index (χ3n) is 4.05. The van der Waals surface area contributed by atoms with Gasteiger partial charge in [-0.05, 0) is 35.7 Å². The molecule has 0 saturated carbocycles. The van der Waals surface area contributed by atoms with E-state index in [2.05, 4.69) is 29.0 Å². The highest BCUT2D eigenvalue weighted by Crippen LogP contribution is 2.31. The van der Waals surface area contributed by atoms with Gasteiger partial charge < -0.3 is 0 Å². The lowest BCUT2D eigenvalue weighted by Crippen LogP contribution is -1.85. The Morgan fingerprint density at radius 1 is 0.885 bits per heavy atom. The molecule has 1 nitrogen and oxygen atoms in total. The minimum Gasteiger partial charge on any atom is -0.247 e. The van der Waals surface area contributed by atoms with Crippen molar-refractivity contribution in [2.75, 3.05) is 0 Å². The minimum absolute atomic E-state index is 0.465. The van der Waals surface area contributed by atoms with E-state index in [4.69, 9.17) is 23.2 Å². The number of rotatable bonds is 2. The second-order valence-electron chi connectivity index (χ2n) is 5.72. The van der Waals surface area contributed by atoms with E-state index in [0.717, 1.165) is 37.7 Å². The first kappa shape index (κ1) is 17.1.